The molecule has 186 valence electrons. The fourth-order valence-electron chi connectivity index (χ4n) is 4.00. The third-order valence-electron chi connectivity index (χ3n) is 5.87. The van der Waals surface area contributed by atoms with E-state index < -0.39 is 0 Å². The number of hydrogen-bond donors (Lipinski definition) is 1. The lowest BCUT2D eigenvalue weighted by atomic mass is 9.92. The van der Waals surface area contributed by atoms with Gasteiger partial charge in [-0.25, -0.2) is 4.68 Å². The number of aromatic nitrogens is 2. The number of rotatable bonds is 9. The summed E-state index contributed by atoms with van der Waals surface area (Å²) in [5, 5.41) is 8.24. The van der Waals surface area contributed by atoms with Crippen LogP contribution in [0.15, 0.2) is 60.7 Å². The van der Waals surface area contributed by atoms with Gasteiger partial charge < -0.3 is 10.2 Å². The van der Waals surface area contributed by atoms with Crippen LogP contribution in [0.25, 0.3) is 5.69 Å². The summed E-state index contributed by atoms with van der Waals surface area (Å²) < 4.78 is 1.66. The monoisotopic (exact) mass is 494 g/mol. The van der Waals surface area contributed by atoms with E-state index in [1.807, 2.05) is 68.4 Å². The van der Waals surface area contributed by atoms with Gasteiger partial charge in [0.2, 0.25) is 11.8 Å². The molecule has 1 heterocycles. The van der Waals surface area contributed by atoms with E-state index in [1.54, 1.807) is 15.6 Å². The first kappa shape index (κ1) is 26.5. The first-order valence-electron chi connectivity index (χ1n) is 12.1. The third kappa shape index (κ3) is 6.51. The summed E-state index contributed by atoms with van der Waals surface area (Å²) in [6.45, 7) is 10.7. The molecule has 0 saturated carbocycles. The van der Waals surface area contributed by atoms with Crippen LogP contribution in [0.3, 0.4) is 0 Å². The van der Waals surface area contributed by atoms with Gasteiger partial charge in [0.1, 0.15) is 5.82 Å². The summed E-state index contributed by atoms with van der Waals surface area (Å²) in [7, 11) is 0. The van der Waals surface area contributed by atoms with Crippen molar-refractivity contribution in [2.75, 3.05) is 18.4 Å². The van der Waals surface area contributed by atoms with Crippen LogP contribution in [0.1, 0.15) is 64.6 Å². The molecule has 1 atom stereocenters. The number of halogens is 1. The van der Waals surface area contributed by atoms with Crippen LogP contribution in [0.5, 0.6) is 0 Å². The van der Waals surface area contributed by atoms with Gasteiger partial charge >= 0.3 is 0 Å². The van der Waals surface area contributed by atoms with Crippen LogP contribution >= 0.6 is 11.6 Å². The molecular weight excluding hydrogens is 460 g/mol. The van der Waals surface area contributed by atoms with Gasteiger partial charge in [-0.3, -0.25) is 9.59 Å². The van der Waals surface area contributed by atoms with Crippen molar-refractivity contribution in [1.29, 1.82) is 0 Å². The Morgan fingerprint density at radius 2 is 1.71 bits per heavy atom. The molecule has 2 aromatic carbocycles. The Kier molecular flexibility index (Phi) is 8.73. The Morgan fingerprint density at radius 3 is 2.31 bits per heavy atom. The zero-order chi connectivity index (χ0) is 25.6. The van der Waals surface area contributed by atoms with Crippen molar-refractivity contribution in [3.63, 3.8) is 0 Å². The molecule has 0 aliphatic carbocycles. The molecule has 0 aliphatic heterocycles. The molecule has 0 spiro atoms. The smallest absolute Gasteiger partial charge is 0.245 e. The molecular formula is C28H35ClN4O2. The first-order chi connectivity index (χ1) is 16.7. The Balaban J connectivity index is 1.86. The molecule has 0 saturated heterocycles. The normalized spacial score (nSPS) is 12.3. The van der Waals surface area contributed by atoms with Gasteiger partial charge in [-0.1, -0.05) is 88.7 Å². The summed E-state index contributed by atoms with van der Waals surface area (Å²) in [4.78, 5) is 28.3. The summed E-state index contributed by atoms with van der Waals surface area (Å²) in [6.07, 6.45) is 1.43. The highest BCUT2D eigenvalue weighted by Gasteiger charge is 2.27. The molecule has 0 radical (unpaired) electrons. The zero-order valence-electron chi connectivity index (χ0n) is 21.2. The quantitative estimate of drug-likeness (QED) is 0.385. The van der Waals surface area contributed by atoms with Gasteiger partial charge in [-0.05, 0) is 30.5 Å². The minimum absolute atomic E-state index is 0.0332. The van der Waals surface area contributed by atoms with E-state index in [-0.39, 0.29) is 29.7 Å². The number of carbonyl (C=O) groups excluding carboxylic acids is 2. The first-order valence-corrected chi connectivity index (χ1v) is 12.5. The van der Waals surface area contributed by atoms with Gasteiger partial charge in [-0.15, -0.1) is 0 Å². The van der Waals surface area contributed by atoms with Gasteiger partial charge in [-0.2, -0.15) is 5.10 Å². The molecule has 1 aromatic heterocycles. The summed E-state index contributed by atoms with van der Waals surface area (Å²) in [5.41, 5.74) is 2.24. The van der Waals surface area contributed by atoms with Crippen molar-refractivity contribution >= 4 is 29.2 Å². The van der Waals surface area contributed by atoms with E-state index in [0.717, 1.165) is 17.7 Å². The molecule has 0 fully saturated rings. The Labute approximate surface area is 213 Å². The fourth-order valence-corrected chi connectivity index (χ4v) is 4.21. The number of anilines is 1. The summed E-state index contributed by atoms with van der Waals surface area (Å²) in [5.74, 6) is -0.0715. The Bertz CT molecular complexity index is 1150. The summed E-state index contributed by atoms with van der Waals surface area (Å²) >= 11 is 6.44. The van der Waals surface area contributed by atoms with Crippen LogP contribution in [-0.4, -0.2) is 39.6 Å². The second kappa shape index (κ2) is 11.5. The highest BCUT2D eigenvalue weighted by molar-refractivity contribution is 6.32. The number of para-hydroxylation sites is 1. The molecule has 35 heavy (non-hydrogen) atoms. The van der Waals surface area contributed by atoms with Crippen LogP contribution in [0.2, 0.25) is 5.02 Å². The minimum atomic E-state index is -0.281. The van der Waals surface area contributed by atoms with E-state index >= 15 is 0 Å². The van der Waals surface area contributed by atoms with E-state index in [2.05, 4.69) is 26.1 Å². The highest BCUT2D eigenvalue weighted by atomic mass is 35.5. The average Bonchev–Trinajstić information content (AvgIpc) is 3.24. The largest absolute Gasteiger partial charge is 0.333 e. The second-order valence-electron chi connectivity index (χ2n) is 9.71. The standard InChI is InChI=1S/C28H35ClN4O2/c1-6-17-32(27(35)21(7-2)20-13-9-8-10-14-20)19-26(34)30-25-18-24(28(3,4)5)31-33(25)23-16-12-11-15-22(23)29/h8-16,18,21H,6-7,17,19H2,1-5H3,(H,30,34). The average molecular weight is 495 g/mol. The van der Waals surface area contributed by atoms with Crippen LogP contribution < -0.4 is 5.32 Å². The van der Waals surface area contributed by atoms with Gasteiger partial charge in [0, 0.05) is 18.0 Å². The van der Waals surface area contributed by atoms with Crippen molar-refractivity contribution in [3.05, 3.63) is 76.9 Å². The van der Waals surface area contributed by atoms with Crippen LogP contribution in [-0.2, 0) is 15.0 Å². The van der Waals surface area contributed by atoms with Crippen LogP contribution in [0, 0.1) is 0 Å². The number of nitrogens with one attached hydrogen (secondary N) is 1. The number of amides is 2. The SMILES string of the molecule is CCCN(CC(=O)Nc1cc(C(C)(C)C)nn1-c1ccccc1Cl)C(=O)C(CC)c1ccccc1. The van der Waals surface area contributed by atoms with Crippen molar-refractivity contribution < 1.29 is 9.59 Å². The molecule has 3 aromatic rings. The minimum Gasteiger partial charge on any atom is -0.333 e. The van der Waals surface area contributed by atoms with E-state index in [9.17, 15) is 9.59 Å². The molecule has 6 nitrogen and oxygen atoms in total. The van der Waals surface area contributed by atoms with Crippen molar-refractivity contribution in [1.82, 2.24) is 14.7 Å². The van der Waals surface area contributed by atoms with Crippen molar-refractivity contribution in [2.45, 2.75) is 58.8 Å². The Hall–Kier alpha value is -3.12. The predicted molar refractivity (Wildman–Crippen MR) is 142 cm³/mol. The molecule has 1 N–H and O–H groups in total. The molecule has 1 unspecified atom stereocenters. The zero-order valence-corrected chi connectivity index (χ0v) is 22.0. The van der Waals surface area contributed by atoms with Gasteiger partial charge in [0.25, 0.3) is 0 Å². The number of carbonyl (C=O) groups is 2. The topological polar surface area (TPSA) is 67.2 Å². The fraction of sp³-hybridized carbons (Fsp3) is 0.393. The van der Waals surface area contributed by atoms with E-state index in [1.165, 1.54) is 0 Å². The van der Waals surface area contributed by atoms with Gasteiger partial charge in [0.15, 0.2) is 0 Å². The lowest BCUT2D eigenvalue weighted by molar-refractivity contribution is -0.136. The molecule has 2 amide bonds. The maximum atomic E-state index is 13.4. The third-order valence-corrected chi connectivity index (χ3v) is 6.19. The molecule has 0 bridgehead atoms. The summed E-state index contributed by atoms with van der Waals surface area (Å²) in [6, 6.07) is 19.0. The van der Waals surface area contributed by atoms with E-state index in [0.29, 0.717) is 29.5 Å². The maximum absolute atomic E-state index is 13.4. The molecule has 3 rings (SSSR count). The Morgan fingerprint density at radius 1 is 1.06 bits per heavy atom. The number of benzene rings is 2. The lowest BCUT2D eigenvalue weighted by Gasteiger charge is -2.26. The van der Waals surface area contributed by atoms with E-state index in [4.69, 9.17) is 16.7 Å². The number of hydrogen-bond acceptors (Lipinski definition) is 3. The lowest BCUT2D eigenvalue weighted by Crippen LogP contribution is -2.41. The van der Waals surface area contributed by atoms with Gasteiger partial charge in [0.05, 0.1) is 28.9 Å². The van der Waals surface area contributed by atoms with Crippen molar-refractivity contribution in [2.24, 2.45) is 0 Å². The second-order valence-corrected chi connectivity index (χ2v) is 10.1. The molecule has 0 aliphatic rings. The highest BCUT2D eigenvalue weighted by Crippen LogP contribution is 2.29. The maximum Gasteiger partial charge on any atom is 0.245 e. The predicted octanol–water partition coefficient (Wildman–Crippen LogP) is 6.19. The number of nitrogens with zero attached hydrogens (tertiary/aromatic N) is 3. The van der Waals surface area contributed by atoms with Crippen molar-refractivity contribution in [3.8, 4) is 5.69 Å². The van der Waals surface area contributed by atoms with Crippen LogP contribution in [0.4, 0.5) is 5.82 Å². The molecule has 7 heteroatoms.